The fraction of sp³-hybridized carbons (Fsp3) is 0. The van der Waals surface area contributed by atoms with Crippen LogP contribution in [0.15, 0.2) is 76.7 Å². The van der Waals surface area contributed by atoms with Gasteiger partial charge in [0.25, 0.3) is 5.71 Å². The predicted octanol–water partition coefficient (Wildman–Crippen LogP) is 6.07. The van der Waals surface area contributed by atoms with Gasteiger partial charge in [0.1, 0.15) is 5.01 Å². The molecule has 1 aliphatic carbocycles. The maximum absolute atomic E-state index is 12.9. The molecule has 32 heavy (non-hydrogen) atoms. The number of carbonyl (C=O) groups excluding carboxylic acids is 2. The number of ketones is 2. The molecular weight excluding hydrogens is 420 g/mol. The number of aromatic nitrogens is 2. The molecule has 5 nitrogen and oxygen atoms in total. The number of thiazole rings is 1. The lowest BCUT2D eigenvalue weighted by atomic mass is 10.0. The first-order valence-electron chi connectivity index (χ1n) is 10.00. The van der Waals surface area contributed by atoms with Crippen molar-refractivity contribution in [3.05, 3.63) is 99.9 Å². The van der Waals surface area contributed by atoms with Gasteiger partial charge in [-0.2, -0.15) is 9.97 Å². The van der Waals surface area contributed by atoms with Gasteiger partial charge in [0.05, 0.1) is 5.57 Å². The van der Waals surface area contributed by atoms with E-state index in [1.54, 1.807) is 12.1 Å². The molecular formula is C26H14N2O3S. The topological polar surface area (TPSA) is 73.1 Å². The molecule has 0 saturated carbocycles. The molecule has 0 spiro atoms. The molecule has 6 heteroatoms. The highest BCUT2D eigenvalue weighted by atomic mass is 32.1. The van der Waals surface area contributed by atoms with Crippen molar-refractivity contribution in [2.45, 2.75) is 0 Å². The highest BCUT2D eigenvalue weighted by Gasteiger charge is 2.34. The molecule has 2 heterocycles. The van der Waals surface area contributed by atoms with Crippen LogP contribution in [-0.4, -0.2) is 21.5 Å². The maximum atomic E-state index is 12.9. The Balaban J connectivity index is 1.32. The van der Waals surface area contributed by atoms with Gasteiger partial charge in [-0.3, -0.25) is 9.59 Å². The number of hydrogen-bond acceptors (Lipinski definition) is 6. The molecule has 0 saturated heterocycles. The number of Topliss-reactive ketones (excluding diaryl/α,β-unsaturated/α-hetero) is 2. The predicted molar refractivity (Wildman–Crippen MR) is 126 cm³/mol. The third-order valence-corrected chi connectivity index (χ3v) is 6.25. The van der Waals surface area contributed by atoms with Crippen LogP contribution >= 0.6 is 11.3 Å². The van der Waals surface area contributed by atoms with E-state index in [1.165, 1.54) is 17.4 Å². The van der Waals surface area contributed by atoms with Crippen LogP contribution in [0.1, 0.15) is 37.2 Å². The van der Waals surface area contributed by atoms with Gasteiger partial charge in [-0.1, -0.05) is 72.0 Å². The molecule has 0 fully saturated rings. The van der Waals surface area contributed by atoms with E-state index in [4.69, 9.17) is 4.42 Å². The van der Waals surface area contributed by atoms with E-state index in [1.807, 2.05) is 66.7 Å². The average Bonchev–Trinajstić information content (AvgIpc) is 3.44. The Morgan fingerprint density at radius 1 is 0.781 bits per heavy atom. The molecule has 3 aromatic carbocycles. The number of oxazole rings is 1. The van der Waals surface area contributed by atoms with Gasteiger partial charge in [0.2, 0.25) is 5.89 Å². The fourth-order valence-electron chi connectivity index (χ4n) is 3.80. The van der Waals surface area contributed by atoms with Crippen molar-refractivity contribution in [1.29, 1.82) is 0 Å². The van der Waals surface area contributed by atoms with Crippen molar-refractivity contribution in [3.63, 3.8) is 0 Å². The van der Waals surface area contributed by atoms with Crippen LogP contribution in [0.3, 0.4) is 0 Å². The highest BCUT2D eigenvalue weighted by Crippen LogP contribution is 2.32. The van der Waals surface area contributed by atoms with E-state index in [2.05, 4.69) is 9.97 Å². The van der Waals surface area contributed by atoms with Crippen LogP contribution < -0.4 is 0 Å². The molecule has 0 bridgehead atoms. The lowest BCUT2D eigenvalue weighted by Gasteiger charge is -2.00. The monoisotopic (exact) mass is 434 g/mol. The minimum Gasteiger partial charge on any atom is -0.417 e. The highest BCUT2D eigenvalue weighted by molar-refractivity contribution is 7.18. The average molecular weight is 434 g/mol. The van der Waals surface area contributed by atoms with Crippen LogP contribution in [0.4, 0.5) is 0 Å². The second-order valence-electron chi connectivity index (χ2n) is 7.42. The first-order chi connectivity index (χ1) is 15.7. The number of benzene rings is 3. The van der Waals surface area contributed by atoms with Crippen LogP contribution in [-0.2, 0) is 0 Å². The molecule has 0 unspecified atom stereocenters. The first-order valence-corrected chi connectivity index (χ1v) is 10.8. The number of fused-ring (bicyclic) bond motifs is 3. The molecule has 152 valence electrons. The van der Waals surface area contributed by atoms with Crippen LogP contribution in [0, 0.1) is 0 Å². The minimum atomic E-state index is -0.309. The molecule has 0 N–H and O–H groups in total. The lowest BCUT2D eigenvalue weighted by molar-refractivity contribution is 0.0990. The molecule has 1 aliphatic rings. The summed E-state index contributed by atoms with van der Waals surface area (Å²) in [5.41, 5.74) is 2.35. The van der Waals surface area contributed by atoms with Gasteiger partial charge in [0.15, 0.2) is 16.4 Å². The van der Waals surface area contributed by atoms with Gasteiger partial charge in [-0.25, -0.2) is 0 Å². The maximum Gasteiger partial charge on any atom is 0.259 e. The number of nitrogens with zero attached hydrogens (tertiary/aromatic N) is 2. The molecule has 0 amide bonds. The Morgan fingerprint density at radius 2 is 1.44 bits per heavy atom. The number of carbonyl (C=O) groups is 2. The summed E-state index contributed by atoms with van der Waals surface area (Å²) in [7, 11) is 0. The van der Waals surface area contributed by atoms with Crippen molar-refractivity contribution in [2.24, 2.45) is 0 Å². The van der Waals surface area contributed by atoms with Crippen molar-refractivity contribution < 1.29 is 14.0 Å². The Kier molecular flexibility index (Phi) is 4.19. The Labute approximate surface area is 186 Å². The minimum absolute atomic E-state index is 0.0633. The van der Waals surface area contributed by atoms with Crippen LogP contribution in [0.2, 0.25) is 0 Å². The van der Waals surface area contributed by atoms with Crippen molar-refractivity contribution in [2.75, 3.05) is 0 Å². The zero-order valence-electron chi connectivity index (χ0n) is 16.6. The van der Waals surface area contributed by atoms with E-state index in [-0.39, 0.29) is 23.0 Å². The van der Waals surface area contributed by atoms with Gasteiger partial charge in [-0.05, 0) is 34.5 Å². The van der Waals surface area contributed by atoms with E-state index in [0.717, 1.165) is 21.3 Å². The second-order valence-corrected chi connectivity index (χ2v) is 8.43. The molecule has 0 atom stereocenters. The smallest absolute Gasteiger partial charge is 0.259 e. The van der Waals surface area contributed by atoms with E-state index in [0.29, 0.717) is 21.7 Å². The van der Waals surface area contributed by atoms with Crippen LogP contribution in [0.5, 0.6) is 0 Å². The summed E-state index contributed by atoms with van der Waals surface area (Å²) in [4.78, 5) is 35.3. The van der Waals surface area contributed by atoms with Gasteiger partial charge >= 0.3 is 0 Å². The fourth-order valence-corrected chi connectivity index (χ4v) is 4.57. The summed E-state index contributed by atoms with van der Waals surface area (Å²) in [6.07, 6.45) is 5.29. The van der Waals surface area contributed by atoms with Gasteiger partial charge < -0.3 is 4.42 Å². The Morgan fingerprint density at radius 3 is 2.09 bits per heavy atom. The van der Waals surface area contributed by atoms with E-state index >= 15 is 0 Å². The Hall–Kier alpha value is -4.16. The van der Waals surface area contributed by atoms with Crippen LogP contribution in [0.25, 0.3) is 39.5 Å². The molecule has 0 aliphatic heterocycles. The SMILES string of the molecule is O=C1C(=Cc2nc3sc(/C=C/c4ccccc4)nc3o2)C(=O)c2cc3ccccc3cc21. The summed E-state index contributed by atoms with van der Waals surface area (Å²) < 4.78 is 5.71. The third-order valence-electron chi connectivity index (χ3n) is 5.36. The van der Waals surface area contributed by atoms with Crippen molar-refractivity contribution in [1.82, 2.24) is 9.97 Å². The number of rotatable bonds is 3. The zero-order valence-corrected chi connectivity index (χ0v) is 17.4. The first kappa shape index (κ1) is 18.6. The third kappa shape index (κ3) is 3.09. The Bertz CT molecular complexity index is 1520. The largest absolute Gasteiger partial charge is 0.417 e. The summed E-state index contributed by atoms with van der Waals surface area (Å²) in [5, 5.41) is 2.61. The summed E-state index contributed by atoms with van der Waals surface area (Å²) >= 11 is 1.38. The molecule has 5 aromatic rings. The zero-order chi connectivity index (χ0) is 21.7. The lowest BCUT2D eigenvalue weighted by Crippen LogP contribution is -2.00. The van der Waals surface area contributed by atoms with Gasteiger partial charge in [-0.15, -0.1) is 0 Å². The molecule has 0 radical (unpaired) electrons. The normalized spacial score (nSPS) is 13.6. The quantitative estimate of drug-likeness (QED) is 0.254. The van der Waals surface area contributed by atoms with Crippen molar-refractivity contribution >= 4 is 62.4 Å². The molecule has 6 rings (SSSR count). The molecule has 2 aromatic heterocycles. The number of allylic oxidation sites excluding steroid dienone is 1. The summed E-state index contributed by atoms with van der Waals surface area (Å²) in [6, 6.07) is 21.1. The van der Waals surface area contributed by atoms with E-state index in [9.17, 15) is 9.59 Å². The number of hydrogen-bond donors (Lipinski definition) is 0. The van der Waals surface area contributed by atoms with Crippen molar-refractivity contribution in [3.8, 4) is 0 Å². The standard InChI is InChI=1S/C26H14N2O3S/c29-23-18-12-16-8-4-5-9-17(16)13-19(18)24(30)20(23)14-21-27-26-25(31-21)28-22(32-26)11-10-15-6-2-1-3-7-15/h1-14H/b11-10+. The summed E-state index contributed by atoms with van der Waals surface area (Å²) in [5.74, 6) is -0.417. The van der Waals surface area contributed by atoms with E-state index < -0.39 is 0 Å². The summed E-state index contributed by atoms with van der Waals surface area (Å²) in [6.45, 7) is 0. The second kappa shape index (κ2) is 7.21. The van der Waals surface area contributed by atoms with Gasteiger partial charge in [0, 0.05) is 17.2 Å².